The summed E-state index contributed by atoms with van der Waals surface area (Å²) in [6, 6.07) is 0. The van der Waals surface area contributed by atoms with Crippen molar-refractivity contribution < 1.29 is 4.79 Å². The van der Waals surface area contributed by atoms with Gasteiger partial charge in [-0.1, -0.05) is 11.8 Å². The predicted molar refractivity (Wildman–Crippen MR) is 55.8 cm³/mol. The number of carbonyl (C=O) groups excluding carboxylic acids is 1. The van der Waals surface area contributed by atoms with Crippen LogP contribution < -0.4 is 0 Å². The number of aldehydes is 1. The highest BCUT2D eigenvalue weighted by atomic mass is 32.2. The molecular weight excluding hydrogens is 196 g/mol. The summed E-state index contributed by atoms with van der Waals surface area (Å²) in [6.45, 7) is 0. The van der Waals surface area contributed by atoms with Gasteiger partial charge in [-0.25, -0.2) is 9.97 Å². The number of hydrogen-bond acceptors (Lipinski definition) is 4. The zero-order valence-electron chi connectivity index (χ0n) is 8.12. The van der Waals surface area contributed by atoms with Gasteiger partial charge < -0.3 is 0 Å². The Hall–Kier alpha value is -0.900. The maximum atomic E-state index is 10.8. The molecule has 0 saturated heterocycles. The topological polar surface area (TPSA) is 42.9 Å². The van der Waals surface area contributed by atoms with E-state index in [9.17, 15) is 4.79 Å². The number of nitrogens with zero attached hydrogens (tertiary/aromatic N) is 2. The molecule has 0 atom stereocenters. The van der Waals surface area contributed by atoms with Gasteiger partial charge in [0.2, 0.25) is 0 Å². The van der Waals surface area contributed by atoms with Crippen molar-refractivity contribution in [2.45, 2.75) is 30.8 Å². The molecule has 2 rings (SSSR count). The molecule has 74 valence electrons. The minimum Gasteiger partial charge on any atom is -0.296 e. The van der Waals surface area contributed by atoms with Crippen molar-refractivity contribution in [3.63, 3.8) is 0 Å². The molecule has 0 radical (unpaired) electrons. The summed E-state index contributed by atoms with van der Waals surface area (Å²) in [7, 11) is 0. The van der Waals surface area contributed by atoms with Crippen LogP contribution in [0, 0.1) is 0 Å². The standard InChI is InChI=1S/C10H12N2OS/c1-14-10-11-8-5-3-2-4-7(8)9(6-13)12-10/h6H,2-5H2,1H3. The lowest BCUT2D eigenvalue weighted by atomic mass is 9.95. The second-order valence-electron chi connectivity index (χ2n) is 3.35. The molecular formula is C10H12N2OS. The average Bonchev–Trinajstić information content (AvgIpc) is 2.27. The summed E-state index contributed by atoms with van der Waals surface area (Å²) < 4.78 is 0. The maximum absolute atomic E-state index is 10.8. The summed E-state index contributed by atoms with van der Waals surface area (Å²) in [5.41, 5.74) is 2.75. The zero-order valence-corrected chi connectivity index (χ0v) is 8.93. The highest BCUT2D eigenvalue weighted by molar-refractivity contribution is 7.98. The van der Waals surface area contributed by atoms with Gasteiger partial charge >= 0.3 is 0 Å². The molecule has 1 aliphatic rings. The Morgan fingerprint density at radius 2 is 2.07 bits per heavy atom. The molecule has 1 aromatic heterocycles. The highest BCUT2D eigenvalue weighted by Gasteiger charge is 2.16. The smallest absolute Gasteiger partial charge is 0.188 e. The van der Waals surface area contributed by atoms with Crippen LogP contribution >= 0.6 is 11.8 Å². The average molecular weight is 208 g/mol. The first kappa shape index (κ1) is 9.65. The van der Waals surface area contributed by atoms with Crippen molar-refractivity contribution in [2.75, 3.05) is 6.26 Å². The summed E-state index contributed by atoms with van der Waals surface area (Å²) in [5.74, 6) is 0. The Bertz CT molecular complexity index is 365. The number of carbonyl (C=O) groups is 1. The Morgan fingerprint density at radius 1 is 1.29 bits per heavy atom. The summed E-state index contributed by atoms with van der Waals surface area (Å²) >= 11 is 1.49. The van der Waals surface area contributed by atoms with Gasteiger partial charge in [0, 0.05) is 11.3 Å². The fourth-order valence-corrected chi connectivity index (χ4v) is 2.18. The molecule has 0 fully saturated rings. The molecule has 0 saturated carbocycles. The molecule has 4 heteroatoms. The monoisotopic (exact) mass is 208 g/mol. The first-order valence-electron chi connectivity index (χ1n) is 4.74. The first-order valence-corrected chi connectivity index (χ1v) is 5.96. The Kier molecular flexibility index (Phi) is 2.82. The molecule has 0 N–H and O–H groups in total. The fraction of sp³-hybridized carbons (Fsp3) is 0.500. The van der Waals surface area contributed by atoms with Crippen LogP contribution in [0.15, 0.2) is 5.16 Å². The number of hydrogen-bond donors (Lipinski definition) is 0. The van der Waals surface area contributed by atoms with Crippen molar-refractivity contribution in [1.82, 2.24) is 9.97 Å². The normalized spacial score (nSPS) is 14.9. The highest BCUT2D eigenvalue weighted by Crippen LogP contribution is 2.23. The van der Waals surface area contributed by atoms with E-state index in [1.54, 1.807) is 0 Å². The van der Waals surface area contributed by atoms with E-state index >= 15 is 0 Å². The molecule has 3 nitrogen and oxygen atoms in total. The fourth-order valence-electron chi connectivity index (χ4n) is 1.79. The van der Waals surface area contributed by atoms with Crippen LogP contribution in [0.25, 0.3) is 0 Å². The van der Waals surface area contributed by atoms with Gasteiger partial charge in [-0.05, 0) is 31.9 Å². The molecule has 14 heavy (non-hydrogen) atoms. The van der Waals surface area contributed by atoms with Crippen LogP contribution in [0.5, 0.6) is 0 Å². The molecule has 0 aromatic carbocycles. The van der Waals surface area contributed by atoms with Gasteiger partial charge in [0.05, 0.1) is 0 Å². The third-order valence-electron chi connectivity index (χ3n) is 2.49. The van der Waals surface area contributed by atoms with Crippen LogP contribution in [0.2, 0.25) is 0 Å². The van der Waals surface area contributed by atoms with Crippen LogP contribution in [0.4, 0.5) is 0 Å². The lowest BCUT2D eigenvalue weighted by molar-refractivity contribution is 0.111. The van der Waals surface area contributed by atoms with Crippen molar-refractivity contribution in [1.29, 1.82) is 0 Å². The summed E-state index contributed by atoms with van der Waals surface area (Å²) in [5, 5.41) is 0.716. The van der Waals surface area contributed by atoms with E-state index in [1.165, 1.54) is 18.2 Å². The summed E-state index contributed by atoms with van der Waals surface area (Å²) in [4.78, 5) is 19.5. The Morgan fingerprint density at radius 3 is 2.79 bits per heavy atom. The first-order chi connectivity index (χ1) is 6.85. The number of aromatic nitrogens is 2. The van der Waals surface area contributed by atoms with E-state index in [0.29, 0.717) is 10.9 Å². The molecule has 1 heterocycles. The lowest BCUT2D eigenvalue weighted by Gasteiger charge is -2.16. The van der Waals surface area contributed by atoms with Gasteiger partial charge in [-0.15, -0.1) is 0 Å². The van der Waals surface area contributed by atoms with E-state index in [1.807, 2.05) is 6.26 Å². The number of rotatable bonds is 2. The van der Waals surface area contributed by atoms with Crippen LogP contribution in [-0.4, -0.2) is 22.5 Å². The van der Waals surface area contributed by atoms with Crippen molar-refractivity contribution in [3.8, 4) is 0 Å². The minimum atomic E-state index is 0.596. The molecule has 0 spiro atoms. The van der Waals surface area contributed by atoms with Crippen molar-refractivity contribution in [2.24, 2.45) is 0 Å². The minimum absolute atomic E-state index is 0.596. The second-order valence-corrected chi connectivity index (χ2v) is 4.12. The van der Waals surface area contributed by atoms with Gasteiger partial charge in [-0.2, -0.15) is 0 Å². The van der Waals surface area contributed by atoms with E-state index in [-0.39, 0.29) is 0 Å². The largest absolute Gasteiger partial charge is 0.296 e. The summed E-state index contributed by atoms with van der Waals surface area (Å²) in [6.07, 6.45) is 7.06. The molecule has 0 aliphatic heterocycles. The van der Waals surface area contributed by atoms with Gasteiger partial charge in [0.1, 0.15) is 5.69 Å². The van der Waals surface area contributed by atoms with Crippen molar-refractivity contribution in [3.05, 3.63) is 17.0 Å². The third kappa shape index (κ3) is 1.66. The second kappa shape index (κ2) is 4.09. The third-order valence-corrected chi connectivity index (χ3v) is 3.04. The van der Waals surface area contributed by atoms with E-state index in [0.717, 1.165) is 36.8 Å². The SMILES string of the molecule is CSc1nc(C=O)c2c(n1)CCCC2. The molecule has 1 aromatic rings. The maximum Gasteiger partial charge on any atom is 0.188 e. The molecule has 0 unspecified atom stereocenters. The van der Waals surface area contributed by atoms with E-state index in [2.05, 4.69) is 9.97 Å². The van der Waals surface area contributed by atoms with Gasteiger partial charge in [-0.3, -0.25) is 4.79 Å². The number of aryl methyl sites for hydroxylation is 1. The van der Waals surface area contributed by atoms with Crippen LogP contribution in [0.1, 0.15) is 34.6 Å². The molecule has 0 amide bonds. The molecule has 1 aliphatic carbocycles. The Labute approximate surface area is 87.3 Å². The molecule has 0 bridgehead atoms. The lowest BCUT2D eigenvalue weighted by Crippen LogP contribution is -2.11. The van der Waals surface area contributed by atoms with E-state index < -0.39 is 0 Å². The predicted octanol–water partition coefficient (Wildman–Crippen LogP) is 1.89. The Balaban J connectivity index is 2.52. The van der Waals surface area contributed by atoms with Gasteiger partial charge in [0.15, 0.2) is 11.4 Å². The van der Waals surface area contributed by atoms with Crippen LogP contribution in [0.3, 0.4) is 0 Å². The zero-order chi connectivity index (χ0) is 9.97. The number of fused-ring (bicyclic) bond motifs is 1. The quantitative estimate of drug-likeness (QED) is 0.423. The van der Waals surface area contributed by atoms with Crippen molar-refractivity contribution >= 4 is 18.0 Å². The van der Waals surface area contributed by atoms with Crippen LogP contribution in [-0.2, 0) is 12.8 Å². The number of thioether (sulfide) groups is 1. The van der Waals surface area contributed by atoms with E-state index in [4.69, 9.17) is 0 Å². The van der Waals surface area contributed by atoms with Gasteiger partial charge in [0.25, 0.3) is 0 Å².